The molecule has 1 saturated carbocycles. The predicted octanol–water partition coefficient (Wildman–Crippen LogP) is 3.32. The van der Waals surface area contributed by atoms with Crippen molar-refractivity contribution in [1.29, 1.82) is 0 Å². The lowest BCUT2D eigenvalue weighted by atomic mass is 10.1. The molecule has 0 spiro atoms. The van der Waals surface area contributed by atoms with Crippen LogP contribution in [0.3, 0.4) is 0 Å². The van der Waals surface area contributed by atoms with Gasteiger partial charge in [0.25, 0.3) is 0 Å². The molecular formula is C16H22N4. The Hall–Kier alpha value is -1.97. The lowest BCUT2D eigenvalue weighted by molar-refractivity contribution is 0.534. The van der Waals surface area contributed by atoms with Crippen LogP contribution in [-0.4, -0.2) is 15.8 Å². The monoisotopic (exact) mass is 270 g/mol. The molecule has 3 rings (SSSR count). The molecule has 0 bridgehead atoms. The average molecular weight is 270 g/mol. The average Bonchev–Trinajstić information content (AvgIpc) is 3.15. The molecule has 4 heteroatoms. The standard InChI is InChI=1S/C16H22N4/c1-10(2)20-16(15(17)11(3)19-20)18-14-9-13(14)12-7-5-4-6-8-12/h4-8,10,13-14,18H,9,17H2,1-3H3. The van der Waals surface area contributed by atoms with E-state index in [2.05, 4.69) is 54.6 Å². The van der Waals surface area contributed by atoms with Crippen molar-refractivity contribution in [3.05, 3.63) is 41.6 Å². The number of rotatable bonds is 4. The van der Waals surface area contributed by atoms with Crippen LogP contribution in [0.25, 0.3) is 0 Å². The van der Waals surface area contributed by atoms with Crippen molar-refractivity contribution in [2.45, 2.75) is 45.2 Å². The lowest BCUT2D eigenvalue weighted by Gasteiger charge is -2.13. The molecule has 0 amide bonds. The normalized spacial score (nSPS) is 21.2. The molecule has 1 heterocycles. The molecule has 3 N–H and O–H groups in total. The van der Waals surface area contributed by atoms with Crippen molar-refractivity contribution < 1.29 is 0 Å². The molecule has 1 aliphatic rings. The Morgan fingerprint density at radius 1 is 1.30 bits per heavy atom. The molecule has 2 aromatic rings. The van der Waals surface area contributed by atoms with E-state index in [1.165, 1.54) is 5.56 Å². The Morgan fingerprint density at radius 3 is 2.65 bits per heavy atom. The first kappa shape index (κ1) is 13.0. The summed E-state index contributed by atoms with van der Waals surface area (Å²) >= 11 is 0. The molecule has 4 nitrogen and oxygen atoms in total. The Kier molecular flexibility index (Phi) is 3.16. The predicted molar refractivity (Wildman–Crippen MR) is 83.0 cm³/mol. The van der Waals surface area contributed by atoms with E-state index < -0.39 is 0 Å². The smallest absolute Gasteiger partial charge is 0.148 e. The molecule has 0 radical (unpaired) electrons. The zero-order valence-electron chi connectivity index (χ0n) is 12.3. The van der Waals surface area contributed by atoms with E-state index in [1.807, 2.05) is 11.6 Å². The van der Waals surface area contributed by atoms with Crippen LogP contribution in [0.5, 0.6) is 0 Å². The van der Waals surface area contributed by atoms with Gasteiger partial charge in [-0.1, -0.05) is 30.3 Å². The third-order valence-corrected chi connectivity index (χ3v) is 3.96. The number of hydrogen-bond acceptors (Lipinski definition) is 3. The van der Waals surface area contributed by atoms with Crippen molar-refractivity contribution in [1.82, 2.24) is 9.78 Å². The fraction of sp³-hybridized carbons (Fsp3) is 0.438. The number of nitrogens with zero attached hydrogens (tertiary/aromatic N) is 2. The molecular weight excluding hydrogens is 248 g/mol. The molecule has 1 aromatic heterocycles. The van der Waals surface area contributed by atoms with Crippen LogP contribution in [-0.2, 0) is 0 Å². The quantitative estimate of drug-likeness (QED) is 0.896. The molecule has 0 saturated heterocycles. The number of hydrogen-bond donors (Lipinski definition) is 2. The van der Waals surface area contributed by atoms with E-state index in [1.54, 1.807) is 0 Å². The maximum atomic E-state index is 6.16. The van der Waals surface area contributed by atoms with Crippen LogP contribution in [0, 0.1) is 6.92 Å². The van der Waals surface area contributed by atoms with E-state index in [9.17, 15) is 0 Å². The van der Waals surface area contributed by atoms with Crippen LogP contribution in [0.2, 0.25) is 0 Å². The molecule has 2 atom stereocenters. The number of aryl methyl sites for hydroxylation is 1. The van der Waals surface area contributed by atoms with Crippen molar-refractivity contribution in [2.24, 2.45) is 0 Å². The zero-order chi connectivity index (χ0) is 14.3. The van der Waals surface area contributed by atoms with Gasteiger partial charge in [-0.2, -0.15) is 5.10 Å². The third-order valence-electron chi connectivity index (χ3n) is 3.96. The van der Waals surface area contributed by atoms with E-state index in [0.717, 1.165) is 23.6 Å². The van der Waals surface area contributed by atoms with Gasteiger partial charge in [0.15, 0.2) is 0 Å². The highest BCUT2D eigenvalue weighted by Gasteiger charge is 2.39. The summed E-state index contributed by atoms with van der Waals surface area (Å²) in [5.74, 6) is 1.56. The summed E-state index contributed by atoms with van der Waals surface area (Å²) < 4.78 is 1.99. The van der Waals surface area contributed by atoms with Gasteiger partial charge in [0.1, 0.15) is 5.82 Å². The number of nitrogens with two attached hydrogens (primary N) is 1. The number of aromatic nitrogens is 2. The van der Waals surface area contributed by atoms with Crippen LogP contribution in [0.4, 0.5) is 11.5 Å². The summed E-state index contributed by atoms with van der Waals surface area (Å²) in [6.07, 6.45) is 1.16. The molecule has 106 valence electrons. The fourth-order valence-electron chi connectivity index (χ4n) is 2.68. The Morgan fingerprint density at radius 2 is 2.00 bits per heavy atom. The molecule has 1 fully saturated rings. The summed E-state index contributed by atoms with van der Waals surface area (Å²) in [7, 11) is 0. The summed E-state index contributed by atoms with van der Waals surface area (Å²) in [5.41, 5.74) is 9.23. The van der Waals surface area contributed by atoms with Gasteiger partial charge in [-0.3, -0.25) is 0 Å². The van der Waals surface area contributed by atoms with Gasteiger partial charge in [0.2, 0.25) is 0 Å². The van der Waals surface area contributed by atoms with Crippen molar-refractivity contribution in [3.8, 4) is 0 Å². The number of benzene rings is 1. The minimum atomic E-state index is 0.308. The minimum absolute atomic E-state index is 0.308. The highest BCUT2D eigenvalue weighted by molar-refractivity contribution is 5.66. The first-order valence-electron chi connectivity index (χ1n) is 7.24. The SMILES string of the molecule is Cc1nn(C(C)C)c(NC2CC2c2ccccc2)c1N. The van der Waals surface area contributed by atoms with Gasteiger partial charge < -0.3 is 11.1 Å². The Balaban J connectivity index is 1.77. The molecule has 0 aliphatic heterocycles. The van der Waals surface area contributed by atoms with Gasteiger partial charge in [-0.05, 0) is 32.8 Å². The van der Waals surface area contributed by atoms with Gasteiger partial charge in [0.05, 0.1) is 11.4 Å². The van der Waals surface area contributed by atoms with E-state index in [4.69, 9.17) is 5.73 Å². The Labute approximate surface area is 120 Å². The highest BCUT2D eigenvalue weighted by Crippen LogP contribution is 2.43. The van der Waals surface area contributed by atoms with Gasteiger partial charge in [0, 0.05) is 18.0 Å². The Bertz CT molecular complexity index is 600. The van der Waals surface area contributed by atoms with Crippen LogP contribution in [0.1, 0.15) is 43.5 Å². The van der Waals surface area contributed by atoms with Crippen molar-refractivity contribution in [2.75, 3.05) is 11.1 Å². The van der Waals surface area contributed by atoms with E-state index in [0.29, 0.717) is 18.0 Å². The molecule has 1 aromatic carbocycles. The van der Waals surface area contributed by atoms with Crippen molar-refractivity contribution in [3.63, 3.8) is 0 Å². The van der Waals surface area contributed by atoms with Gasteiger partial charge >= 0.3 is 0 Å². The number of nitrogen functional groups attached to an aromatic ring is 1. The minimum Gasteiger partial charge on any atom is -0.394 e. The fourth-order valence-corrected chi connectivity index (χ4v) is 2.68. The summed E-state index contributed by atoms with van der Waals surface area (Å²) in [4.78, 5) is 0. The number of anilines is 2. The zero-order valence-corrected chi connectivity index (χ0v) is 12.3. The van der Waals surface area contributed by atoms with E-state index in [-0.39, 0.29) is 0 Å². The maximum Gasteiger partial charge on any atom is 0.148 e. The second kappa shape index (κ2) is 4.85. The summed E-state index contributed by atoms with van der Waals surface area (Å²) in [6.45, 7) is 6.21. The molecule has 2 unspecified atom stereocenters. The van der Waals surface area contributed by atoms with Crippen LogP contribution in [0.15, 0.2) is 30.3 Å². The van der Waals surface area contributed by atoms with E-state index >= 15 is 0 Å². The summed E-state index contributed by atoms with van der Waals surface area (Å²) in [6, 6.07) is 11.4. The van der Waals surface area contributed by atoms with Crippen LogP contribution >= 0.6 is 0 Å². The molecule has 1 aliphatic carbocycles. The largest absolute Gasteiger partial charge is 0.394 e. The van der Waals surface area contributed by atoms with Gasteiger partial charge in [-0.25, -0.2) is 4.68 Å². The van der Waals surface area contributed by atoms with Crippen LogP contribution < -0.4 is 11.1 Å². The maximum absolute atomic E-state index is 6.16. The lowest BCUT2D eigenvalue weighted by Crippen LogP contribution is -2.13. The first-order chi connectivity index (χ1) is 9.58. The second-order valence-corrected chi connectivity index (χ2v) is 5.89. The topological polar surface area (TPSA) is 55.9 Å². The summed E-state index contributed by atoms with van der Waals surface area (Å²) in [5, 5.41) is 8.10. The third kappa shape index (κ3) is 2.26. The first-order valence-corrected chi connectivity index (χ1v) is 7.24. The number of nitrogens with one attached hydrogen (secondary N) is 1. The second-order valence-electron chi connectivity index (χ2n) is 5.89. The van der Waals surface area contributed by atoms with Crippen molar-refractivity contribution >= 4 is 11.5 Å². The molecule has 20 heavy (non-hydrogen) atoms. The highest BCUT2D eigenvalue weighted by atomic mass is 15.4. The van der Waals surface area contributed by atoms with Gasteiger partial charge in [-0.15, -0.1) is 0 Å².